The molecule has 1 unspecified atom stereocenters. The number of hydrogen-bond donors (Lipinski definition) is 0. The highest BCUT2D eigenvalue weighted by atomic mass is 16.6. The first-order chi connectivity index (χ1) is 7.60. The van der Waals surface area contributed by atoms with E-state index in [0.717, 1.165) is 11.0 Å². The van der Waals surface area contributed by atoms with Crippen LogP contribution in [0.15, 0.2) is 6.33 Å². The van der Waals surface area contributed by atoms with E-state index in [9.17, 15) is 14.9 Å². The minimum Gasteiger partial charge on any atom is -0.464 e. The van der Waals surface area contributed by atoms with Gasteiger partial charge in [-0.2, -0.15) is 4.68 Å². The number of ether oxygens (including phenoxy) is 1. The van der Waals surface area contributed by atoms with Crippen LogP contribution in [0.5, 0.6) is 0 Å². The summed E-state index contributed by atoms with van der Waals surface area (Å²) in [4.78, 5) is 24.6. The fourth-order valence-electron chi connectivity index (χ4n) is 1.20. The average molecular weight is 228 g/mol. The van der Waals surface area contributed by atoms with Crippen LogP contribution in [0.25, 0.3) is 0 Å². The van der Waals surface area contributed by atoms with Crippen LogP contribution in [-0.2, 0) is 9.53 Å². The van der Waals surface area contributed by atoms with Gasteiger partial charge in [0.05, 0.1) is 6.61 Å². The zero-order valence-corrected chi connectivity index (χ0v) is 8.99. The van der Waals surface area contributed by atoms with Gasteiger partial charge in [-0.05, 0) is 18.3 Å². The Kier molecular flexibility index (Phi) is 3.92. The lowest BCUT2D eigenvalue weighted by Gasteiger charge is -2.09. The lowest BCUT2D eigenvalue weighted by Crippen LogP contribution is -2.21. The summed E-state index contributed by atoms with van der Waals surface area (Å²) in [6, 6.07) is -0.666. The molecule has 0 saturated carbocycles. The Morgan fingerprint density at radius 2 is 2.38 bits per heavy atom. The molecule has 1 heterocycles. The molecule has 1 aromatic rings. The molecule has 8 heteroatoms. The molecule has 0 saturated heterocycles. The topological polar surface area (TPSA) is 100 Å². The van der Waals surface area contributed by atoms with Crippen LogP contribution in [0.1, 0.15) is 26.3 Å². The number of aromatic nitrogens is 3. The van der Waals surface area contributed by atoms with Gasteiger partial charge in [0.2, 0.25) is 6.33 Å². The second-order valence-corrected chi connectivity index (χ2v) is 2.96. The van der Waals surface area contributed by atoms with Gasteiger partial charge in [0.15, 0.2) is 6.04 Å². The fourth-order valence-corrected chi connectivity index (χ4v) is 1.20. The van der Waals surface area contributed by atoms with E-state index in [1.807, 2.05) is 0 Å². The van der Waals surface area contributed by atoms with Crippen molar-refractivity contribution < 1.29 is 14.5 Å². The molecular formula is C8H12N4O4. The van der Waals surface area contributed by atoms with Gasteiger partial charge in [-0.15, -0.1) is 0 Å². The summed E-state index contributed by atoms with van der Waals surface area (Å²) in [6.07, 6.45) is 1.59. The van der Waals surface area contributed by atoms with E-state index >= 15 is 0 Å². The molecule has 0 aliphatic rings. The van der Waals surface area contributed by atoms with Gasteiger partial charge in [-0.3, -0.25) is 0 Å². The molecule has 0 spiro atoms. The van der Waals surface area contributed by atoms with E-state index < -0.39 is 22.9 Å². The quantitative estimate of drug-likeness (QED) is 0.417. The average Bonchev–Trinajstić information content (AvgIpc) is 2.68. The fraction of sp³-hybridized carbons (Fsp3) is 0.625. The summed E-state index contributed by atoms with van der Waals surface area (Å²) in [5.74, 6) is -0.993. The molecule has 0 aliphatic heterocycles. The highest BCUT2D eigenvalue weighted by Crippen LogP contribution is 2.13. The number of rotatable bonds is 5. The van der Waals surface area contributed by atoms with E-state index in [4.69, 9.17) is 4.74 Å². The number of carbonyl (C=O) groups excluding carboxylic acids is 1. The van der Waals surface area contributed by atoms with Gasteiger partial charge >= 0.3 is 11.9 Å². The zero-order chi connectivity index (χ0) is 12.1. The van der Waals surface area contributed by atoms with E-state index in [1.165, 1.54) is 0 Å². The molecule has 0 N–H and O–H groups in total. The van der Waals surface area contributed by atoms with Crippen LogP contribution in [0.2, 0.25) is 0 Å². The minimum atomic E-state index is -0.714. The van der Waals surface area contributed by atoms with Crippen molar-refractivity contribution in [2.75, 3.05) is 6.61 Å². The Hall–Kier alpha value is -1.99. The Labute approximate surface area is 91.4 Å². The highest BCUT2D eigenvalue weighted by molar-refractivity contribution is 5.73. The van der Waals surface area contributed by atoms with Crippen LogP contribution in [-0.4, -0.2) is 32.3 Å². The molecule has 1 rings (SSSR count). The first kappa shape index (κ1) is 12.1. The van der Waals surface area contributed by atoms with Gasteiger partial charge < -0.3 is 14.9 Å². The third-order valence-corrected chi connectivity index (χ3v) is 1.92. The molecule has 1 atom stereocenters. The molecule has 16 heavy (non-hydrogen) atoms. The zero-order valence-electron chi connectivity index (χ0n) is 8.99. The first-order valence-corrected chi connectivity index (χ1v) is 4.82. The van der Waals surface area contributed by atoms with Crippen molar-refractivity contribution in [3.8, 4) is 0 Å². The predicted octanol–water partition coefficient (Wildman–Crippen LogP) is 0.700. The predicted molar refractivity (Wildman–Crippen MR) is 52.6 cm³/mol. The number of nitro groups is 1. The summed E-state index contributed by atoms with van der Waals surface area (Å²) < 4.78 is 5.97. The second kappa shape index (κ2) is 5.19. The molecule has 8 nitrogen and oxygen atoms in total. The van der Waals surface area contributed by atoms with Crippen LogP contribution in [0, 0.1) is 10.1 Å². The summed E-state index contributed by atoms with van der Waals surface area (Å²) in [5.41, 5.74) is 0. The van der Waals surface area contributed by atoms with E-state index in [0.29, 0.717) is 6.42 Å². The number of esters is 1. The van der Waals surface area contributed by atoms with Crippen LogP contribution >= 0.6 is 0 Å². The Balaban J connectivity index is 2.86. The van der Waals surface area contributed by atoms with Crippen molar-refractivity contribution in [1.29, 1.82) is 0 Å². The van der Waals surface area contributed by atoms with Gasteiger partial charge in [-0.1, -0.05) is 11.9 Å². The molecule has 0 amide bonds. The number of carbonyl (C=O) groups is 1. The van der Waals surface area contributed by atoms with Gasteiger partial charge in [0.25, 0.3) is 0 Å². The maximum atomic E-state index is 11.5. The third kappa shape index (κ3) is 2.53. The van der Waals surface area contributed by atoms with Gasteiger partial charge in [0.1, 0.15) is 0 Å². The maximum absolute atomic E-state index is 11.5. The Morgan fingerprint density at radius 3 is 2.81 bits per heavy atom. The molecule has 0 radical (unpaired) electrons. The van der Waals surface area contributed by atoms with Crippen molar-refractivity contribution in [1.82, 2.24) is 14.8 Å². The Bertz CT molecular complexity index is 389. The highest BCUT2D eigenvalue weighted by Gasteiger charge is 2.25. The summed E-state index contributed by atoms with van der Waals surface area (Å²) in [7, 11) is 0. The molecule has 1 aromatic heterocycles. The van der Waals surface area contributed by atoms with Crippen LogP contribution in [0.4, 0.5) is 5.95 Å². The second-order valence-electron chi connectivity index (χ2n) is 2.96. The minimum absolute atomic E-state index is 0.256. The summed E-state index contributed by atoms with van der Waals surface area (Å²) in [6.45, 7) is 3.70. The van der Waals surface area contributed by atoms with Crippen molar-refractivity contribution in [2.45, 2.75) is 26.3 Å². The molecular weight excluding hydrogens is 216 g/mol. The molecule has 0 fully saturated rings. The maximum Gasteiger partial charge on any atom is 0.490 e. The van der Waals surface area contributed by atoms with E-state index in [-0.39, 0.29) is 6.61 Å². The Morgan fingerprint density at radius 1 is 1.69 bits per heavy atom. The first-order valence-electron chi connectivity index (χ1n) is 4.82. The monoisotopic (exact) mass is 228 g/mol. The molecule has 0 bridgehead atoms. The van der Waals surface area contributed by atoms with Crippen molar-refractivity contribution in [2.24, 2.45) is 0 Å². The van der Waals surface area contributed by atoms with E-state index in [2.05, 4.69) is 10.1 Å². The van der Waals surface area contributed by atoms with Crippen LogP contribution in [0.3, 0.4) is 0 Å². The number of hydrogen-bond acceptors (Lipinski definition) is 6. The summed E-state index contributed by atoms with van der Waals surface area (Å²) >= 11 is 0. The van der Waals surface area contributed by atoms with Crippen molar-refractivity contribution in [3.63, 3.8) is 0 Å². The van der Waals surface area contributed by atoms with Gasteiger partial charge in [-0.25, -0.2) is 4.79 Å². The molecule has 0 aliphatic carbocycles. The van der Waals surface area contributed by atoms with Crippen molar-refractivity contribution in [3.05, 3.63) is 16.4 Å². The SMILES string of the molecule is CCOC(=O)C(CC)n1cnc([N+](=O)[O-])n1. The standard InChI is InChI=1S/C8H12N4O4/c1-3-6(7(13)16-4-2)11-5-9-8(10-11)12(14)15/h5-6H,3-4H2,1-2H3. The normalized spacial score (nSPS) is 12.1. The molecule has 0 aromatic carbocycles. The number of nitrogens with zero attached hydrogens (tertiary/aromatic N) is 4. The third-order valence-electron chi connectivity index (χ3n) is 1.92. The van der Waals surface area contributed by atoms with Crippen LogP contribution < -0.4 is 0 Å². The largest absolute Gasteiger partial charge is 0.490 e. The lowest BCUT2D eigenvalue weighted by atomic mass is 10.2. The van der Waals surface area contributed by atoms with E-state index in [1.54, 1.807) is 13.8 Å². The van der Waals surface area contributed by atoms with Gasteiger partial charge in [0, 0.05) is 5.10 Å². The van der Waals surface area contributed by atoms with Crippen molar-refractivity contribution >= 4 is 11.9 Å². The smallest absolute Gasteiger partial charge is 0.464 e. The summed E-state index contributed by atoms with van der Waals surface area (Å²) in [5, 5.41) is 14.0. The molecule has 88 valence electrons. The lowest BCUT2D eigenvalue weighted by molar-refractivity contribution is -0.394.